The van der Waals surface area contributed by atoms with Gasteiger partial charge in [-0.1, -0.05) is 23.4 Å². The number of thioether (sulfide) groups is 1. The molecule has 3 N–H and O–H groups in total. The van der Waals surface area contributed by atoms with Crippen LogP contribution in [0.4, 0.5) is 16.2 Å². The molecule has 8 heteroatoms. The highest BCUT2D eigenvalue weighted by Crippen LogP contribution is 2.24. The number of amides is 3. The summed E-state index contributed by atoms with van der Waals surface area (Å²) in [5.74, 6) is -0.800. The first kappa shape index (κ1) is 13.7. The third-order valence-electron chi connectivity index (χ3n) is 2.41. The van der Waals surface area contributed by atoms with Gasteiger partial charge in [-0.25, -0.2) is 0 Å². The maximum absolute atomic E-state index is 11.8. The highest BCUT2D eigenvalue weighted by atomic mass is 35.5. The van der Waals surface area contributed by atoms with Crippen LogP contribution in [0.5, 0.6) is 0 Å². The Morgan fingerprint density at radius 3 is 2.84 bits per heavy atom. The van der Waals surface area contributed by atoms with Crippen LogP contribution in [0, 0.1) is 0 Å². The molecule has 0 unspecified atom stereocenters. The lowest BCUT2D eigenvalue weighted by Gasteiger charge is -2.13. The third-order valence-corrected chi connectivity index (χ3v) is 3.59. The molecule has 0 radical (unpaired) electrons. The predicted molar refractivity (Wildman–Crippen MR) is 74.1 cm³/mol. The van der Waals surface area contributed by atoms with Crippen molar-refractivity contribution in [2.75, 3.05) is 23.3 Å². The topological polar surface area (TPSA) is 92.5 Å². The second-order valence-electron chi connectivity index (χ2n) is 3.82. The summed E-state index contributed by atoms with van der Waals surface area (Å²) in [6.07, 6.45) is 0. The van der Waals surface area contributed by atoms with Gasteiger partial charge in [0.05, 0.1) is 16.5 Å². The average Bonchev–Trinajstić information content (AvgIpc) is 2.65. The second kappa shape index (κ2) is 5.50. The van der Waals surface area contributed by atoms with E-state index >= 15 is 0 Å². The smallest absolute Gasteiger partial charge is 0.289 e. The molecule has 0 saturated carbocycles. The molecule has 1 saturated heterocycles. The van der Waals surface area contributed by atoms with E-state index in [0.29, 0.717) is 16.4 Å². The molecule has 0 spiro atoms. The Labute approximate surface area is 118 Å². The largest absolute Gasteiger partial charge is 0.399 e. The number of carbonyl (C=O) groups is 3. The number of halogens is 1. The zero-order chi connectivity index (χ0) is 14.0. The Morgan fingerprint density at radius 2 is 2.21 bits per heavy atom. The molecule has 3 amide bonds. The van der Waals surface area contributed by atoms with Gasteiger partial charge in [-0.15, -0.1) is 0 Å². The van der Waals surface area contributed by atoms with Crippen molar-refractivity contribution in [2.24, 2.45) is 0 Å². The summed E-state index contributed by atoms with van der Waals surface area (Å²) in [4.78, 5) is 35.3. The molecular weight excluding hydrogens is 290 g/mol. The SMILES string of the molecule is Nc1ccc(Cl)c(NC(=O)CN2C(=O)CSC2=O)c1. The van der Waals surface area contributed by atoms with E-state index in [0.717, 1.165) is 16.7 Å². The number of anilines is 2. The number of benzene rings is 1. The minimum absolute atomic E-state index is 0.0746. The minimum Gasteiger partial charge on any atom is -0.399 e. The van der Waals surface area contributed by atoms with Crippen LogP contribution in [0.15, 0.2) is 18.2 Å². The summed E-state index contributed by atoms with van der Waals surface area (Å²) in [5, 5.41) is 2.42. The molecule has 1 aromatic rings. The molecule has 0 bridgehead atoms. The van der Waals surface area contributed by atoms with Crippen molar-refractivity contribution in [3.8, 4) is 0 Å². The lowest BCUT2D eigenvalue weighted by molar-refractivity contribution is -0.128. The number of nitrogens with zero attached hydrogens (tertiary/aromatic N) is 1. The molecule has 100 valence electrons. The maximum Gasteiger partial charge on any atom is 0.289 e. The van der Waals surface area contributed by atoms with E-state index in [1.165, 1.54) is 6.07 Å². The van der Waals surface area contributed by atoms with Crippen molar-refractivity contribution in [3.63, 3.8) is 0 Å². The quantitative estimate of drug-likeness (QED) is 0.826. The number of hydrogen-bond donors (Lipinski definition) is 2. The molecule has 0 atom stereocenters. The van der Waals surface area contributed by atoms with Gasteiger partial charge < -0.3 is 11.1 Å². The van der Waals surface area contributed by atoms with Crippen molar-refractivity contribution in [1.29, 1.82) is 0 Å². The summed E-state index contributed by atoms with van der Waals surface area (Å²) in [5.41, 5.74) is 6.37. The van der Waals surface area contributed by atoms with Gasteiger partial charge in [-0.3, -0.25) is 19.3 Å². The van der Waals surface area contributed by atoms with Crippen LogP contribution in [0.3, 0.4) is 0 Å². The number of imide groups is 1. The van der Waals surface area contributed by atoms with E-state index in [4.69, 9.17) is 17.3 Å². The Bertz CT molecular complexity index is 548. The molecule has 19 heavy (non-hydrogen) atoms. The normalized spacial score (nSPS) is 14.9. The van der Waals surface area contributed by atoms with Crippen LogP contribution in [-0.2, 0) is 9.59 Å². The van der Waals surface area contributed by atoms with Crippen molar-refractivity contribution in [2.45, 2.75) is 0 Å². The van der Waals surface area contributed by atoms with Gasteiger partial charge in [0.25, 0.3) is 5.24 Å². The lowest BCUT2D eigenvalue weighted by Crippen LogP contribution is -2.36. The van der Waals surface area contributed by atoms with E-state index in [9.17, 15) is 14.4 Å². The fourth-order valence-corrected chi connectivity index (χ4v) is 2.40. The Balaban J connectivity index is 2.03. The van der Waals surface area contributed by atoms with Crippen molar-refractivity contribution < 1.29 is 14.4 Å². The molecule has 0 aliphatic carbocycles. The summed E-state index contributed by atoms with van der Waals surface area (Å²) < 4.78 is 0. The van der Waals surface area contributed by atoms with Crippen LogP contribution < -0.4 is 11.1 Å². The van der Waals surface area contributed by atoms with Gasteiger partial charge in [0.1, 0.15) is 6.54 Å². The standard InChI is InChI=1S/C11H10ClN3O3S/c12-7-2-1-6(13)3-8(7)14-9(16)4-15-10(17)5-19-11(15)18/h1-3H,4-5,13H2,(H,14,16). The Morgan fingerprint density at radius 1 is 1.47 bits per heavy atom. The number of nitrogens with one attached hydrogen (secondary N) is 1. The average molecular weight is 300 g/mol. The van der Waals surface area contributed by atoms with Crippen LogP contribution in [0.25, 0.3) is 0 Å². The lowest BCUT2D eigenvalue weighted by atomic mass is 10.3. The summed E-state index contributed by atoms with van der Waals surface area (Å²) >= 11 is 6.77. The molecule has 0 aromatic heterocycles. The summed E-state index contributed by atoms with van der Waals surface area (Å²) in [6, 6.07) is 4.65. The first-order chi connectivity index (χ1) is 8.97. The third kappa shape index (κ3) is 3.18. The van der Waals surface area contributed by atoms with Crippen LogP contribution in [0.1, 0.15) is 0 Å². The zero-order valence-electron chi connectivity index (χ0n) is 9.68. The number of rotatable bonds is 3. The number of nitrogens with two attached hydrogens (primary N) is 1. The Hall–Kier alpha value is -1.73. The fraction of sp³-hybridized carbons (Fsp3) is 0.182. The monoisotopic (exact) mass is 299 g/mol. The highest BCUT2D eigenvalue weighted by Gasteiger charge is 2.31. The predicted octanol–water partition coefficient (Wildman–Crippen LogP) is 1.56. The Kier molecular flexibility index (Phi) is 3.96. The molecule has 1 heterocycles. The summed E-state index contributed by atoms with van der Waals surface area (Å²) in [7, 11) is 0. The number of hydrogen-bond acceptors (Lipinski definition) is 5. The molecule has 1 aromatic carbocycles. The van der Waals surface area contributed by atoms with Gasteiger partial charge in [0.15, 0.2) is 0 Å². The number of carbonyl (C=O) groups excluding carboxylic acids is 3. The van der Waals surface area contributed by atoms with Gasteiger partial charge in [-0.05, 0) is 18.2 Å². The van der Waals surface area contributed by atoms with Gasteiger partial charge in [-0.2, -0.15) is 0 Å². The van der Waals surface area contributed by atoms with E-state index in [-0.39, 0.29) is 18.2 Å². The molecule has 1 fully saturated rings. The molecular formula is C11H10ClN3O3S. The van der Waals surface area contributed by atoms with E-state index in [1.54, 1.807) is 12.1 Å². The molecule has 1 aliphatic heterocycles. The molecule has 2 rings (SSSR count). The van der Waals surface area contributed by atoms with Crippen molar-refractivity contribution in [1.82, 2.24) is 4.90 Å². The van der Waals surface area contributed by atoms with Gasteiger partial charge in [0, 0.05) is 5.69 Å². The zero-order valence-corrected chi connectivity index (χ0v) is 11.3. The highest BCUT2D eigenvalue weighted by molar-refractivity contribution is 8.14. The maximum atomic E-state index is 11.8. The second-order valence-corrected chi connectivity index (χ2v) is 5.16. The summed E-state index contributed by atoms with van der Waals surface area (Å²) in [6.45, 7) is -0.324. The van der Waals surface area contributed by atoms with E-state index in [2.05, 4.69) is 5.32 Å². The van der Waals surface area contributed by atoms with Crippen LogP contribution >= 0.6 is 23.4 Å². The first-order valence-electron chi connectivity index (χ1n) is 5.29. The minimum atomic E-state index is -0.503. The van der Waals surface area contributed by atoms with Gasteiger partial charge >= 0.3 is 0 Å². The van der Waals surface area contributed by atoms with Crippen molar-refractivity contribution in [3.05, 3.63) is 23.2 Å². The molecule has 6 nitrogen and oxygen atoms in total. The van der Waals surface area contributed by atoms with Crippen LogP contribution in [0.2, 0.25) is 5.02 Å². The molecule has 1 aliphatic rings. The van der Waals surface area contributed by atoms with E-state index < -0.39 is 11.1 Å². The van der Waals surface area contributed by atoms with Crippen molar-refractivity contribution >= 4 is 51.8 Å². The first-order valence-corrected chi connectivity index (χ1v) is 6.65. The van der Waals surface area contributed by atoms with Crippen LogP contribution in [-0.4, -0.2) is 34.3 Å². The number of nitrogen functional groups attached to an aromatic ring is 1. The van der Waals surface area contributed by atoms with Gasteiger partial charge in [0.2, 0.25) is 11.8 Å². The van der Waals surface area contributed by atoms with E-state index in [1.807, 2.05) is 0 Å². The fourth-order valence-electron chi connectivity index (χ4n) is 1.51.